The van der Waals surface area contributed by atoms with E-state index in [2.05, 4.69) is 25.7 Å². The van der Waals surface area contributed by atoms with Gasteiger partial charge in [-0.2, -0.15) is 0 Å². The van der Waals surface area contributed by atoms with Gasteiger partial charge in [-0.15, -0.1) is 0 Å². The second kappa shape index (κ2) is 4.56. The summed E-state index contributed by atoms with van der Waals surface area (Å²) in [7, 11) is 0. The van der Waals surface area contributed by atoms with E-state index in [9.17, 15) is 0 Å². The van der Waals surface area contributed by atoms with Gasteiger partial charge >= 0.3 is 0 Å². The number of rotatable bonds is 3. The Morgan fingerprint density at radius 2 is 1.86 bits per heavy atom. The Morgan fingerprint density at radius 1 is 1.29 bits per heavy atom. The van der Waals surface area contributed by atoms with Gasteiger partial charge in [-0.05, 0) is 38.5 Å². The quantitative estimate of drug-likeness (QED) is 0.781. The molecular formula is C11H17ClN2. The molecule has 0 fully saturated rings. The highest BCUT2D eigenvalue weighted by molar-refractivity contribution is 6.33. The van der Waals surface area contributed by atoms with Gasteiger partial charge in [0.25, 0.3) is 0 Å². The number of nitrogen functional groups attached to an aromatic ring is 1. The lowest BCUT2D eigenvalue weighted by atomic mass is 10.1. The second-order valence-corrected chi connectivity index (χ2v) is 3.74. The van der Waals surface area contributed by atoms with Gasteiger partial charge in [0, 0.05) is 18.8 Å². The van der Waals surface area contributed by atoms with Crippen LogP contribution in [0.15, 0.2) is 12.1 Å². The van der Waals surface area contributed by atoms with Crippen LogP contribution in [0.2, 0.25) is 5.02 Å². The van der Waals surface area contributed by atoms with Crippen LogP contribution >= 0.6 is 11.6 Å². The second-order valence-electron chi connectivity index (χ2n) is 3.33. The molecule has 2 N–H and O–H groups in total. The highest BCUT2D eigenvalue weighted by atomic mass is 35.5. The first kappa shape index (κ1) is 11.2. The molecule has 0 saturated carbocycles. The molecule has 0 atom stereocenters. The molecule has 0 heterocycles. The Labute approximate surface area is 90.7 Å². The molecule has 0 unspecified atom stereocenters. The molecule has 1 aromatic rings. The van der Waals surface area contributed by atoms with Gasteiger partial charge in [0.05, 0.1) is 10.7 Å². The lowest BCUT2D eigenvalue weighted by Gasteiger charge is -2.23. The van der Waals surface area contributed by atoms with E-state index in [1.807, 2.05) is 12.1 Å². The van der Waals surface area contributed by atoms with E-state index in [-0.39, 0.29) is 0 Å². The van der Waals surface area contributed by atoms with Crippen molar-refractivity contribution in [2.45, 2.75) is 20.8 Å². The van der Waals surface area contributed by atoms with E-state index in [0.717, 1.165) is 13.1 Å². The van der Waals surface area contributed by atoms with Gasteiger partial charge in [0.15, 0.2) is 0 Å². The Balaban J connectivity index is 3.14. The van der Waals surface area contributed by atoms with E-state index < -0.39 is 0 Å². The van der Waals surface area contributed by atoms with Gasteiger partial charge in [0.1, 0.15) is 0 Å². The summed E-state index contributed by atoms with van der Waals surface area (Å²) in [4.78, 5) is 2.26. The Hall–Kier alpha value is -0.890. The lowest BCUT2D eigenvalue weighted by Crippen LogP contribution is -2.22. The average Bonchev–Trinajstić information content (AvgIpc) is 2.15. The van der Waals surface area contributed by atoms with Crippen LogP contribution in [-0.4, -0.2) is 13.1 Å². The van der Waals surface area contributed by atoms with E-state index in [0.29, 0.717) is 10.7 Å². The average molecular weight is 213 g/mol. The third-order valence-corrected chi connectivity index (χ3v) is 2.75. The molecule has 14 heavy (non-hydrogen) atoms. The molecule has 78 valence electrons. The molecule has 0 bridgehead atoms. The van der Waals surface area contributed by atoms with Crippen molar-refractivity contribution >= 4 is 23.0 Å². The molecule has 2 nitrogen and oxygen atoms in total. The zero-order chi connectivity index (χ0) is 10.7. The molecule has 0 aliphatic heterocycles. The highest BCUT2D eigenvalue weighted by Crippen LogP contribution is 2.29. The normalized spacial score (nSPS) is 10.3. The fourth-order valence-electron chi connectivity index (χ4n) is 1.60. The van der Waals surface area contributed by atoms with Crippen LogP contribution in [0.5, 0.6) is 0 Å². The van der Waals surface area contributed by atoms with Crippen molar-refractivity contribution in [2.24, 2.45) is 0 Å². The fraction of sp³-hybridized carbons (Fsp3) is 0.455. The number of nitrogens with two attached hydrogens (primary N) is 1. The number of nitrogens with zero attached hydrogens (tertiary/aromatic N) is 1. The van der Waals surface area contributed by atoms with Crippen molar-refractivity contribution < 1.29 is 0 Å². The smallest absolute Gasteiger partial charge is 0.0656 e. The van der Waals surface area contributed by atoms with Crippen molar-refractivity contribution in [1.82, 2.24) is 0 Å². The molecule has 1 aromatic carbocycles. The van der Waals surface area contributed by atoms with Gasteiger partial charge in [0.2, 0.25) is 0 Å². The topological polar surface area (TPSA) is 29.3 Å². The van der Waals surface area contributed by atoms with Crippen molar-refractivity contribution in [3.63, 3.8) is 0 Å². The molecule has 0 aliphatic carbocycles. The lowest BCUT2D eigenvalue weighted by molar-refractivity contribution is 0.862. The SMILES string of the molecule is CCN(CC)c1cc(Cl)c(N)cc1C. The van der Waals surface area contributed by atoms with Gasteiger partial charge < -0.3 is 10.6 Å². The van der Waals surface area contributed by atoms with Gasteiger partial charge in [-0.3, -0.25) is 0 Å². The summed E-state index contributed by atoms with van der Waals surface area (Å²) >= 11 is 5.99. The van der Waals surface area contributed by atoms with Crippen molar-refractivity contribution in [2.75, 3.05) is 23.7 Å². The first-order valence-electron chi connectivity index (χ1n) is 4.90. The molecule has 0 radical (unpaired) electrons. The predicted octanol–water partition coefficient (Wildman–Crippen LogP) is 3.08. The van der Waals surface area contributed by atoms with Gasteiger partial charge in [-0.1, -0.05) is 11.6 Å². The molecule has 3 heteroatoms. The number of hydrogen-bond acceptors (Lipinski definition) is 2. The monoisotopic (exact) mass is 212 g/mol. The fourth-order valence-corrected chi connectivity index (χ4v) is 1.76. The van der Waals surface area contributed by atoms with Crippen molar-refractivity contribution in [3.05, 3.63) is 22.7 Å². The van der Waals surface area contributed by atoms with Crippen LogP contribution in [0.25, 0.3) is 0 Å². The van der Waals surface area contributed by atoms with Gasteiger partial charge in [-0.25, -0.2) is 0 Å². The third kappa shape index (κ3) is 2.13. The molecule has 0 aliphatic rings. The Bertz CT molecular complexity index is 319. The zero-order valence-corrected chi connectivity index (χ0v) is 9.73. The van der Waals surface area contributed by atoms with E-state index in [4.69, 9.17) is 17.3 Å². The van der Waals surface area contributed by atoms with Crippen molar-refractivity contribution in [3.8, 4) is 0 Å². The summed E-state index contributed by atoms with van der Waals surface area (Å²) < 4.78 is 0. The summed E-state index contributed by atoms with van der Waals surface area (Å²) in [5.74, 6) is 0. The molecule has 0 spiro atoms. The summed E-state index contributed by atoms with van der Waals surface area (Å²) in [5, 5.41) is 0.637. The minimum absolute atomic E-state index is 0.637. The maximum absolute atomic E-state index is 5.99. The highest BCUT2D eigenvalue weighted by Gasteiger charge is 2.08. The van der Waals surface area contributed by atoms with E-state index in [1.165, 1.54) is 11.3 Å². The summed E-state index contributed by atoms with van der Waals surface area (Å²) in [6.07, 6.45) is 0. The summed E-state index contributed by atoms with van der Waals surface area (Å²) in [6.45, 7) is 8.29. The van der Waals surface area contributed by atoms with Crippen LogP contribution in [0, 0.1) is 6.92 Å². The van der Waals surface area contributed by atoms with E-state index >= 15 is 0 Å². The summed E-state index contributed by atoms with van der Waals surface area (Å²) in [6, 6.07) is 3.87. The van der Waals surface area contributed by atoms with Crippen LogP contribution in [0.4, 0.5) is 11.4 Å². The number of aryl methyl sites for hydroxylation is 1. The third-order valence-electron chi connectivity index (χ3n) is 2.42. The van der Waals surface area contributed by atoms with Crippen molar-refractivity contribution in [1.29, 1.82) is 0 Å². The van der Waals surface area contributed by atoms with Crippen LogP contribution in [-0.2, 0) is 0 Å². The van der Waals surface area contributed by atoms with E-state index in [1.54, 1.807) is 0 Å². The first-order valence-corrected chi connectivity index (χ1v) is 5.28. The molecule has 0 saturated heterocycles. The Kier molecular flexibility index (Phi) is 3.64. The number of benzene rings is 1. The maximum atomic E-state index is 5.99. The first-order chi connectivity index (χ1) is 6.60. The number of hydrogen-bond donors (Lipinski definition) is 1. The number of anilines is 2. The minimum Gasteiger partial charge on any atom is -0.398 e. The standard InChI is InChI=1S/C11H17ClN2/c1-4-14(5-2)11-7-9(12)10(13)6-8(11)3/h6-7H,4-5,13H2,1-3H3. The summed E-state index contributed by atoms with van der Waals surface area (Å²) in [5.41, 5.74) is 8.73. The Morgan fingerprint density at radius 3 is 2.36 bits per heavy atom. The predicted molar refractivity (Wildman–Crippen MR) is 64.2 cm³/mol. The molecule has 0 amide bonds. The molecule has 0 aromatic heterocycles. The number of halogens is 1. The van der Waals surface area contributed by atoms with Crippen LogP contribution in [0.1, 0.15) is 19.4 Å². The zero-order valence-electron chi connectivity index (χ0n) is 8.97. The van der Waals surface area contributed by atoms with Crippen LogP contribution < -0.4 is 10.6 Å². The maximum Gasteiger partial charge on any atom is 0.0656 e. The molecular weight excluding hydrogens is 196 g/mol. The molecule has 1 rings (SSSR count). The largest absolute Gasteiger partial charge is 0.398 e. The van der Waals surface area contributed by atoms with Crippen LogP contribution in [0.3, 0.4) is 0 Å². The minimum atomic E-state index is 0.637.